The summed E-state index contributed by atoms with van der Waals surface area (Å²) in [5, 5.41) is 0. The SMILES string of the molecule is Cc1ccn2cc(-c3ccc(C(C)C(N)=O)cc3)nc2c1. The lowest BCUT2D eigenvalue weighted by molar-refractivity contribution is -0.119. The first-order chi connectivity index (χ1) is 10.0. The van der Waals surface area contributed by atoms with Crippen LogP contribution in [0.1, 0.15) is 24.0 Å². The zero-order valence-electron chi connectivity index (χ0n) is 12.1. The molecular formula is C17H17N3O. The minimum absolute atomic E-state index is 0.275. The Morgan fingerprint density at radius 3 is 2.62 bits per heavy atom. The summed E-state index contributed by atoms with van der Waals surface area (Å²) >= 11 is 0. The van der Waals surface area contributed by atoms with Gasteiger partial charge >= 0.3 is 0 Å². The smallest absolute Gasteiger partial charge is 0.224 e. The van der Waals surface area contributed by atoms with Crippen LogP contribution in [-0.2, 0) is 4.79 Å². The second-order valence-electron chi connectivity index (χ2n) is 5.34. The van der Waals surface area contributed by atoms with E-state index >= 15 is 0 Å². The molecule has 2 heterocycles. The van der Waals surface area contributed by atoms with Gasteiger partial charge in [-0.1, -0.05) is 24.3 Å². The predicted molar refractivity (Wildman–Crippen MR) is 83.0 cm³/mol. The molecule has 4 nitrogen and oxygen atoms in total. The molecule has 1 aromatic carbocycles. The number of amides is 1. The van der Waals surface area contributed by atoms with Gasteiger partial charge in [-0.15, -0.1) is 0 Å². The average Bonchev–Trinajstić information content (AvgIpc) is 2.89. The highest BCUT2D eigenvalue weighted by Crippen LogP contribution is 2.23. The molecule has 0 aliphatic carbocycles. The molecule has 4 heteroatoms. The van der Waals surface area contributed by atoms with Crippen LogP contribution in [0.2, 0.25) is 0 Å². The third-order valence-electron chi connectivity index (χ3n) is 3.75. The van der Waals surface area contributed by atoms with Crippen LogP contribution in [0.15, 0.2) is 48.8 Å². The topological polar surface area (TPSA) is 60.4 Å². The Balaban J connectivity index is 1.97. The lowest BCUT2D eigenvalue weighted by Gasteiger charge is -2.07. The molecule has 1 atom stereocenters. The van der Waals surface area contributed by atoms with E-state index in [1.165, 1.54) is 5.56 Å². The van der Waals surface area contributed by atoms with Gasteiger partial charge in [0.1, 0.15) is 5.65 Å². The molecule has 3 rings (SSSR count). The second-order valence-corrected chi connectivity index (χ2v) is 5.34. The van der Waals surface area contributed by atoms with Crippen molar-refractivity contribution in [1.29, 1.82) is 0 Å². The average molecular weight is 279 g/mol. The number of carbonyl (C=O) groups excluding carboxylic acids is 1. The van der Waals surface area contributed by atoms with Crippen molar-refractivity contribution in [3.05, 3.63) is 59.9 Å². The number of carbonyl (C=O) groups is 1. The van der Waals surface area contributed by atoms with Gasteiger partial charge in [0.15, 0.2) is 0 Å². The van der Waals surface area contributed by atoms with Gasteiger partial charge in [0.05, 0.1) is 11.6 Å². The largest absolute Gasteiger partial charge is 0.369 e. The van der Waals surface area contributed by atoms with Gasteiger partial charge < -0.3 is 10.1 Å². The van der Waals surface area contributed by atoms with Crippen LogP contribution in [0.4, 0.5) is 0 Å². The van der Waals surface area contributed by atoms with E-state index in [-0.39, 0.29) is 11.8 Å². The van der Waals surface area contributed by atoms with Gasteiger partial charge in [0, 0.05) is 18.0 Å². The van der Waals surface area contributed by atoms with Crippen molar-refractivity contribution >= 4 is 11.6 Å². The van der Waals surface area contributed by atoms with Crippen molar-refractivity contribution in [2.24, 2.45) is 5.73 Å². The molecule has 3 aromatic rings. The van der Waals surface area contributed by atoms with E-state index in [9.17, 15) is 4.79 Å². The number of nitrogens with zero attached hydrogens (tertiary/aromatic N) is 2. The summed E-state index contributed by atoms with van der Waals surface area (Å²) in [4.78, 5) is 15.8. The normalized spacial score (nSPS) is 12.5. The van der Waals surface area contributed by atoms with Crippen LogP contribution in [0.3, 0.4) is 0 Å². The highest BCUT2D eigenvalue weighted by molar-refractivity contribution is 5.81. The van der Waals surface area contributed by atoms with Gasteiger partial charge in [0.25, 0.3) is 0 Å². The molecule has 2 aromatic heterocycles. The van der Waals surface area contributed by atoms with Crippen molar-refractivity contribution < 1.29 is 4.79 Å². The fourth-order valence-electron chi connectivity index (χ4n) is 2.33. The number of pyridine rings is 1. The standard InChI is InChI=1S/C17H17N3O/c1-11-7-8-20-10-15(19-16(20)9-11)14-5-3-13(4-6-14)12(2)17(18)21/h3-10,12H,1-2H3,(H2,18,21). The number of benzene rings is 1. The van der Waals surface area contributed by atoms with Crippen LogP contribution in [0, 0.1) is 6.92 Å². The molecule has 2 N–H and O–H groups in total. The quantitative estimate of drug-likeness (QED) is 0.801. The third kappa shape index (κ3) is 2.52. The molecular weight excluding hydrogens is 262 g/mol. The van der Waals surface area contributed by atoms with Crippen molar-refractivity contribution in [2.45, 2.75) is 19.8 Å². The minimum Gasteiger partial charge on any atom is -0.369 e. The number of hydrogen-bond acceptors (Lipinski definition) is 2. The van der Waals surface area contributed by atoms with Gasteiger partial charge in [-0.2, -0.15) is 0 Å². The van der Waals surface area contributed by atoms with Crippen molar-refractivity contribution in [1.82, 2.24) is 9.38 Å². The summed E-state index contributed by atoms with van der Waals surface area (Å²) in [6, 6.07) is 11.9. The summed E-state index contributed by atoms with van der Waals surface area (Å²) in [6.45, 7) is 3.86. The molecule has 21 heavy (non-hydrogen) atoms. The van der Waals surface area contributed by atoms with Crippen LogP contribution in [-0.4, -0.2) is 15.3 Å². The minimum atomic E-state index is -0.314. The Bertz CT molecular complexity index is 803. The number of nitrogens with two attached hydrogens (primary N) is 1. The van der Waals surface area contributed by atoms with Crippen molar-refractivity contribution in [3.63, 3.8) is 0 Å². The fraction of sp³-hybridized carbons (Fsp3) is 0.176. The van der Waals surface area contributed by atoms with Crippen LogP contribution >= 0.6 is 0 Å². The first-order valence-corrected chi connectivity index (χ1v) is 6.89. The number of fused-ring (bicyclic) bond motifs is 1. The molecule has 106 valence electrons. The predicted octanol–water partition coefficient (Wildman–Crippen LogP) is 2.90. The van der Waals surface area contributed by atoms with Gasteiger partial charge in [-0.05, 0) is 37.1 Å². The van der Waals surface area contributed by atoms with Gasteiger partial charge in [0.2, 0.25) is 5.91 Å². The lowest BCUT2D eigenvalue weighted by Crippen LogP contribution is -2.18. The van der Waals surface area contributed by atoms with E-state index in [1.807, 2.05) is 61.0 Å². The Kier molecular flexibility index (Phi) is 3.22. The summed E-state index contributed by atoms with van der Waals surface area (Å²) in [6.07, 6.45) is 4.01. The highest BCUT2D eigenvalue weighted by atomic mass is 16.1. The third-order valence-corrected chi connectivity index (χ3v) is 3.75. The van der Waals surface area contributed by atoms with E-state index in [2.05, 4.69) is 11.1 Å². The monoisotopic (exact) mass is 279 g/mol. The molecule has 1 unspecified atom stereocenters. The molecule has 0 fully saturated rings. The Hall–Kier alpha value is -2.62. The Morgan fingerprint density at radius 1 is 1.24 bits per heavy atom. The molecule has 0 saturated heterocycles. The number of hydrogen-bond donors (Lipinski definition) is 1. The fourth-order valence-corrected chi connectivity index (χ4v) is 2.33. The van der Waals surface area contributed by atoms with Crippen molar-refractivity contribution in [2.75, 3.05) is 0 Å². The van der Waals surface area contributed by atoms with Gasteiger partial charge in [-0.25, -0.2) is 4.98 Å². The van der Waals surface area contributed by atoms with E-state index in [4.69, 9.17) is 5.73 Å². The summed E-state index contributed by atoms with van der Waals surface area (Å²) in [7, 11) is 0. The second kappa shape index (κ2) is 5.05. The molecule has 0 radical (unpaired) electrons. The van der Waals surface area contributed by atoms with E-state index in [1.54, 1.807) is 0 Å². The molecule has 0 aliphatic heterocycles. The highest BCUT2D eigenvalue weighted by Gasteiger charge is 2.12. The lowest BCUT2D eigenvalue weighted by atomic mass is 9.99. The molecule has 0 saturated carbocycles. The zero-order valence-corrected chi connectivity index (χ0v) is 12.1. The Morgan fingerprint density at radius 2 is 1.95 bits per heavy atom. The molecule has 0 bridgehead atoms. The number of primary amides is 1. The van der Waals surface area contributed by atoms with Crippen molar-refractivity contribution in [3.8, 4) is 11.3 Å². The molecule has 0 spiro atoms. The zero-order chi connectivity index (χ0) is 15.0. The number of imidazole rings is 1. The first-order valence-electron chi connectivity index (χ1n) is 6.89. The maximum absolute atomic E-state index is 11.2. The number of aryl methyl sites for hydroxylation is 1. The molecule has 1 amide bonds. The van der Waals surface area contributed by atoms with E-state index < -0.39 is 0 Å². The van der Waals surface area contributed by atoms with E-state index in [0.29, 0.717) is 0 Å². The maximum atomic E-state index is 11.2. The molecule has 0 aliphatic rings. The van der Waals surface area contributed by atoms with E-state index in [0.717, 1.165) is 22.5 Å². The first kappa shape index (κ1) is 13.4. The maximum Gasteiger partial charge on any atom is 0.224 e. The number of rotatable bonds is 3. The number of aromatic nitrogens is 2. The van der Waals surface area contributed by atoms with Crippen LogP contribution in [0.25, 0.3) is 16.9 Å². The van der Waals surface area contributed by atoms with Crippen LogP contribution < -0.4 is 5.73 Å². The summed E-state index contributed by atoms with van der Waals surface area (Å²) in [5.41, 5.74) is 10.3. The van der Waals surface area contributed by atoms with Gasteiger partial charge in [-0.3, -0.25) is 4.79 Å². The van der Waals surface area contributed by atoms with Crippen LogP contribution in [0.5, 0.6) is 0 Å². The summed E-state index contributed by atoms with van der Waals surface area (Å²) < 4.78 is 2.00. The summed E-state index contributed by atoms with van der Waals surface area (Å²) in [5.74, 6) is -0.589. The Labute approximate surface area is 123 Å².